The number of piperidine rings is 1. The molecular weight excluding hydrogens is 324 g/mol. The highest BCUT2D eigenvalue weighted by molar-refractivity contribution is 5.78. The van der Waals surface area contributed by atoms with Crippen molar-refractivity contribution in [3.63, 3.8) is 0 Å². The first-order valence-corrected chi connectivity index (χ1v) is 8.70. The molecule has 1 aromatic rings. The summed E-state index contributed by atoms with van der Waals surface area (Å²) in [6.45, 7) is 4.57. The van der Waals surface area contributed by atoms with Crippen molar-refractivity contribution in [2.75, 3.05) is 33.0 Å². The Morgan fingerprint density at radius 1 is 1.32 bits per heavy atom. The van der Waals surface area contributed by atoms with Crippen LogP contribution in [0.4, 0.5) is 0 Å². The maximum atomic E-state index is 12.2. The lowest BCUT2D eigenvalue weighted by Crippen LogP contribution is -2.44. The van der Waals surface area contributed by atoms with Crippen LogP contribution in [0, 0.1) is 5.92 Å². The van der Waals surface area contributed by atoms with Crippen molar-refractivity contribution in [1.82, 2.24) is 10.2 Å². The third-order valence-corrected chi connectivity index (χ3v) is 4.42. The standard InChI is InChI=1S/C18H24N2O5/c1-2-23-18(22)14-4-3-7-20(10-14)11-17(21)19-9-13-5-6-15-16(8-13)25-12-24-15/h5-6,8,14H,2-4,7,9-12H2,1H3,(H,19,21)/t14-/m0/s1. The lowest BCUT2D eigenvalue weighted by atomic mass is 9.98. The summed E-state index contributed by atoms with van der Waals surface area (Å²) in [5, 5.41) is 2.91. The van der Waals surface area contributed by atoms with E-state index in [0.29, 0.717) is 32.0 Å². The Hall–Kier alpha value is -2.28. The largest absolute Gasteiger partial charge is 0.466 e. The molecule has 25 heavy (non-hydrogen) atoms. The lowest BCUT2D eigenvalue weighted by Gasteiger charge is -2.30. The molecule has 1 aromatic carbocycles. The Kier molecular flexibility index (Phi) is 5.75. The van der Waals surface area contributed by atoms with Crippen molar-refractivity contribution < 1.29 is 23.8 Å². The minimum atomic E-state index is -0.159. The first-order chi connectivity index (χ1) is 12.2. The van der Waals surface area contributed by atoms with Crippen LogP contribution in [0.5, 0.6) is 11.5 Å². The van der Waals surface area contributed by atoms with Crippen LogP contribution in [0.15, 0.2) is 18.2 Å². The molecular formula is C18H24N2O5. The minimum Gasteiger partial charge on any atom is -0.466 e. The van der Waals surface area contributed by atoms with Crippen molar-refractivity contribution in [1.29, 1.82) is 0 Å². The van der Waals surface area contributed by atoms with Gasteiger partial charge in [0, 0.05) is 13.1 Å². The second-order valence-electron chi connectivity index (χ2n) is 6.29. The predicted molar refractivity (Wildman–Crippen MR) is 90.2 cm³/mol. The Morgan fingerprint density at radius 3 is 3.00 bits per heavy atom. The van der Waals surface area contributed by atoms with Gasteiger partial charge in [0.2, 0.25) is 12.7 Å². The highest BCUT2D eigenvalue weighted by Gasteiger charge is 2.27. The molecule has 1 amide bonds. The number of likely N-dealkylation sites (tertiary alicyclic amines) is 1. The van der Waals surface area contributed by atoms with Crippen molar-refractivity contribution in [2.24, 2.45) is 5.92 Å². The van der Waals surface area contributed by atoms with Gasteiger partial charge in [-0.1, -0.05) is 6.07 Å². The van der Waals surface area contributed by atoms with Crippen LogP contribution < -0.4 is 14.8 Å². The third kappa shape index (κ3) is 4.63. The van der Waals surface area contributed by atoms with Gasteiger partial charge >= 0.3 is 5.97 Å². The molecule has 3 rings (SSSR count). The second kappa shape index (κ2) is 8.20. The van der Waals surface area contributed by atoms with E-state index in [4.69, 9.17) is 14.2 Å². The Labute approximate surface area is 147 Å². The normalized spacial score (nSPS) is 19.5. The number of nitrogens with zero attached hydrogens (tertiary/aromatic N) is 1. The molecule has 0 radical (unpaired) electrons. The smallest absolute Gasteiger partial charge is 0.310 e. The maximum Gasteiger partial charge on any atom is 0.310 e. The monoisotopic (exact) mass is 348 g/mol. The second-order valence-corrected chi connectivity index (χ2v) is 6.29. The average molecular weight is 348 g/mol. The summed E-state index contributed by atoms with van der Waals surface area (Å²) in [6.07, 6.45) is 1.73. The van der Waals surface area contributed by atoms with Gasteiger partial charge in [-0.3, -0.25) is 14.5 Å². The van der Waals surface area contributed by atoms with Crippen LogP contribution in [0.2, 0.25) is 0 Å². The summed E-state index contributed by atoms with van der Waals surface area (Å²) < 4.78 is 15.7. The zero-order chi connectivity index (χ0) is 17.6. The minimum absolute atomic E-state index is 0.0535. The summed E-state index contributed by atoms with van der Waals surface area (Å²) in [7, 11) is 0. The van der Waals surface area contributed by atoms with Crippen LogP contribution in [-0.4, -0.2) is 49.8 Å². The summed E-state index contributed by atoms with van der Waals surface area (Å²) in [4.78, 5) is 26.1. The van der Waals surface area contributed by atoms with E-state index in [1.807, 2.05) is 30.0 Å². The molecule has 2 heterocycles. The highest BCUT2D eigenvalue weighted by atomic mass is 16.7. The Morgan fingerprint density at radius 2 is 2.16 bits per heavy atom. The van der Waals surface area contributed by atoms with Crippen molar-refractivity contribution in [3.05, 3.63) is 23.8 Å². The average Bonchev–Trinajstić information content (AvgIpc) is 3.08. The van der Waals surface area contributed by atoms with Gasteiger partial charge in [0.1, 0.15) is 0 Å². The molecule has 0 spiro atoms. The lowest BCUT2D eigenvalue weighted by molar-refractivity contribution is -0.150. The Balaban J connectivity index is 1.45. The van der Waals surface area contributed by atoms with Crippen LogP contribution in [0.3, 0.4) is 0 Å². The molecule has 1 fully saturated rings. The van der Waals surface area contributed by atoms with E-state index in [-0.39, 0.29) is 24.6 Å². The number of benzene rings is 1. The molecule has 0 aliphatic carbocycles. The fourth-order valence-electron chi connectivity index (χ4n) is 3.16. The Bertz CT molecular complexity index is 634. The van der Waals surface area contributed by atoms with E-state index >= 15 is 0 Å². The fourth-order valence-corrected chi connectivity index (χ4v) is 3.16. The molecule has 1 saturated heterocycles. The molecule has 2 aliphatic heterocycles. The third-order valence-electron chi connectivity index (χ3n) is 4.42. The van der Waals surface area contributed by atoms with Crippen LogP contribution in [0.1, 0.15) is 25.3 Å². The zero-order valence-electron chi connectivity index (χ0n) is 14.5. The molecule has 0 aromatic heterocycles. The van der Waals surface area contributed by atoms with Gasteiger partial charge in [-0.2, -0.15) is 0 Å². The molecule has 0 bridgehead atoms. The van der Waals surface area contributed by atoms with E-state index in [1.54, 1.807) is 0 Å². The number of esters is 1. The number of hydrogen-bond acceptors (Lipinski definition) is 6. The molecule has 1 atom stereocenters. The van der Waals surface area contributed by atoms with Gasteiger partial charge in [0.05, 0.1) is 19.1 Å². The van der Waals surface area contributed by atoms with Crippen molar-refractivity contribution in [3.8, 4) is 11.5 Å². The molecule has 0 saturated carbocycles. The van der Waals surface area contributed by atoms with Gasteiger partial charge in [-0.15, -0.1) is 0 Å². The van der Waals surface area contributed by atoms with Gasteiger partial charge in [0.15, 0.2) is 11.5 Å². The van der Waals surface area contributed by atoms with Gasteiger partial charge < -0.3 is 19.5 Å². The van der Waals surface area contributed by atoms with Crippen LogP contribution in [0.25, 0.3) is 0 Å². The molecule has 136 valence electrons. The highest BCUT2D eigenvalue weighted by Crippen LogP contribution is 2.32. The number of ether oxygens (including phenoxy) is 3. The zero-order valence-corrected chi connectivity index (χ0v) is 14.5. The van der Waals surface area contributed by atoms with E-state index < -0.39 is 0 Å². The molecule has 2 aliphatic rings. The van der Waals surface area contributed by atoms with Crippen LogP contribution >= 0.6 is 0 Å². The number of rotatable bonds is 6. The van der Waals surface area contributed by atoms with E-state index in [0.717, 1.165) is 30.7 Å². The predicted octanol–water partition coefficient (Wildman–Crippen LogP) is 1.31. The summed E-state index contributed by atoms with van der Waals surface area (Å²) in [5.41, 5.74) is 0.959. The van der Waals surface area contributed by atoms with Crippen LogP contribution in [-0.2, 0) is 20.9 Å². The molecule has 0 unspecified atom stereocenters. The molecule has 1 N–H and O–H groups in total. The number of nitrogens with one attached hydrogen (secondary N) is 1. The summed E-state index contributed by atoms with van der Waals surface area (Å²) in [5.74, 6) is 1.10. The topological polar surface area (TPSA) is 77.1 Å². The summed E-state index contributed by atoms with van der Waals surface area (Å²) in [6, 6.07) is 5.63. The van der Waals surface area contributed by atoms with Gasteiger partial charge in [-0.25, -0.2) is 0 Å². The van der Waals surface area contributed by atoms with E-state index in [2.05, 4.69) is 5.32 Å². The molecule has 7 heteroatoms. The quantitative estimate of drug-likeness (QED) is 0.781. The van der Waals surface area contributed by atoms with Crippen molar-refractivity contribution in [2.45, 2.75) is 26.3 Å². The van der Waals surface area contributed by atoms with E-state index in [9.17, 15) is 9.59 Å². The number of carbonyl (C=O) groups is 2. The van der Waals surface area contributed by atoms with Gasteiger partial charge in [0.25, 0.3) is 0 Å². The first kappa shape index (κ1) is 17.5. The van der Waals surface area contributed by atoms with E-state index in [1.165, 1.54) is 0 Å². The number of hydrogen-bond donors (Lipinski definition) is 1. The number of carbonyl (C=O) groups excluding carboxylic acids is 2. The number of fused-ring (bicyclic) bond motifs is 1. The van der Waals surface area contributed by atoms with Crippen molar-refractivity contribution >= 4 is 11.9 Å². The fraction of sp³-hybridized carbons (Fsp3) is 0.556. The SMILES string of the molecule is CCOC(=O)[C@H]1CCCN(CC(=O)NCc2ccc3c(c2)OCO3)C1. The van der Waals surface area contributed by atoms with Gasteiger partial charge in [-0.05, 0) is 44.0 Å². The summed E-state index contributed by atoms with van der Waals surface area (Å²) >= 11 is 0. The first-order valence-electron chi connectivity index (χ1n) is 8.70. The molecule has 7 nitrogen and oxygen atoms in total. The maximum absolute atomic E-state index is 12.2. The number of amides is 1.